The maximum absolute atomic E-state index is 11.3. The van der Waals surface area contributed by atoms with Gasteiger partial charge in [0.05, 0.1) is 12.0 Å². The Morgan fingerprint density at radius 3 is 2.54 bits per heavy atom. The molecule has 0 bridgehead atoms. The molecule has 0 saturated heterocycles. The summed E-state index contributed by atoms with van der Waals surface area (Å²) >= 11 is 0. The summed E-state index contributed by atoms with van der Waals surface area (Å²) in [7, 11) is -0.144. The van der Waals surface area contributed by atoms with E-state index in [2.05, 4.69) is 15.3 Å². The number of anilines is 2. The third-order valence-electron chi connectivity index (χ3n) is 3.45. The molecule has 0 aliphatic heterocycles. The van der Waals surface area contributed by atoms with E-state index in [0.29, 0.717) is 22.9 Å². The first-order valence-corrected chi connectivity index (χ1v) is 8.63. The lowest BCUT2D eigenvalue weighted by Crippen LogP contribution is -2.11. The number of ether oxygens (including phenoxy) is 1. The Balaban J connectivity index is 1.94. The Bertz CT molecular complexity index is 1010. The molecule has 0 amide bonds. The predicted molar refractivity (Wildman–Crippen MR) is 95.4 cm³/mol. The Hall–Kier alpha value is -2.65. The highest BCUT2D eigenvalue weighted by molar-refractivity contribution is 7.89. The van der Waals surface area contributed by atoms with Crippen molar-refractivity contribution in [2.75, 3.05) is 12.4 Å². The average molecular weight is 342 g/mol. The molecule has 3 N–H and O–H groups in total. The summed E-state index contributed by atoms with van der Waals surface area (Å²) in [6.45, 7) is 0. The highest BCUT2D eigenvalue weighted by Crippen LogP contribution is 2.24. The number of benzene rings is 2. The maximum Gasteiger partial charge on any atom is 0.238 e. The molecule has 9 heteroatoms. The van der Waals surface area contributed by atoms with Crippen molar-refractivity contribution < 1.29 is 13.2 Å². The normalized spacial score (nSPS) is 11.4. The van der Waals surface area contributed by atoms with Gasteiger partial charge in [0.2, 0.25) is 16.0 Å². The summed E-state index contributed by atoms with van der Waals surface area (Å²) in [5.74, 6) is 1.05. The minimum atomic E-state index is -3.71. The molecule has 0 unspecified atom stereocenters. The molecule has 0 radical (unpaired) electrons. The van der Waals surface area contributed by atoms with E-state index in [9.17, 15) is 8.42 Å². The third kappa shape index (κ3) is 3.31. The van der Waals surface area contributed by atoms with Crippen molar-refractivity contribution in [3.05, 3.63) is 42.6 Å². The number of aromatic nitrogens is 2. The molecular formula is C15H15BN4O3S. The lowest BCUT2D eigenvalue weighted by atomic mass is 9.94. The molecule has 7 nitrogen and oxygen atoms in total. The maximum atomic E-state index is 11.3. The van der Waals surface area contributed by atoms with Crippen LogP contribution in [-0.2, 0) is 10.0 Å². The molecule has 2 aromatic carbocycles. The van der Waals surface area contributed by atoms with Crippen LogP contribution >= 0.6 is 0 Å². The fourth-order valence-corrected chi connectivity index (χ4v) is 2.84. The summed E-state index contributed by atoms with van der Waals surface area (Å²) in [4.78, 5) is 8.78. The summed E-state index contributed by atoms with van der Waals surface area (Å²) in [6.07, 6.45) is 1.71. The minimum absolute atomic E-state index is 0.0459. The SMILES string of the molecule is Bc1cc(OC)c2nc(Nc3ccc(S(N)(=O)=O)cc3)ncc2c1. The first-order chi connectivity index (χ1) is 11.4. The number of methoxy groups -OCH3 is 1. The van der Waals surface area contributed by atoms with Crippen molar-refractivity contribution in [1.82, 2.24) is 9.97 Å². The fourth-order valence-electron chi connectivity index (χ4n) is 2.33. The molecule has 122 valence electrons. The van der Waals surface area contributed by atoms with Gasteiger partial charge in [-0.05, 0) is 30.3 Å². The zero-order valence-electron chi connectivity index (χ0n) is 13.1. The van der Waals surface area contributed by atoms with Gasteiger partial charge in [-0.2, -0.15) is 0 Å². The lowest BCUT2D eigenvalue weighted by Gasteiger charge is -2.09. The summed E-state index contributed by atoms with van der Waals surface area (Å²) in [5.41, 5.74) is 2.40. The smallest absolute Gasteiger partial charge is 0.238 e. The van der Waals surface area contributed by atoms with Crippen molar-refractivity contribution >= 4 is 45.9 Å². The van der Waals surface area contributed by atoms with Crippen LogP contribution < -0.4 is 20.7 Å². The highest BCUT2D eigenvalue weighted by Gasteiger charge is 2.09. The number of nitrogens with two attached hydrogens (primary N) is 1. The van der Waals surface area contributed by atoms with Gasteiger partial charge in [0, 0.05) is 17.3 Å². The number of rotatable bonds is 4. The fraction of sp³-hybridized carbons (Fsp3) is 0.0667. The van der Waals surface area contributed by atoms with Gasteiger partial charge in [-0.3, -0.25) is 0 Å². The second-order valence-corrected chi connectivity index (χ2v) is 6.85. The zero-order chi connectivity index (χ0) is 17.3. The molecule has 24 heavy (non-hydrogen) atoms. The molecular weight excluding hydrogens is 327 g/mol. The van der Waals surface area contributed by atoms with E-state index < -0.39 is 10.0 Å². The van der Waals surface area contributed by atoms with Crippen LogP contribution in [0.3, 0.4) is 0 Å². The van der Waals surface area contributed by atoms with Gasteiger partial charge in [0.1, 0.15) is 19.1 Å². The molecule has 0 aliphatic carbocycles. The number of sulfonamides is 1. The van der Waals surface area contributed by atoms with Crippen LogP contribution in [0.25, 0.3) is 10.9 Å². The molecule has 1 aromatic heterocycles. The van der Waals surface area contributed by atoms with E-state index >= 15 is 0 Å². The summed E-state index contributed by atoms with van der Waals surface area (Å²) in [6, 6.07) is 9.91. The molecule has 3 aromatic rings. The topological polar surface area (TPSA) is 107 Å². The first kappa shape index (κ1) is 16.2. The molecule has 3 rings (SSSR count). The third-order valence-corrected chi connectivity index (χ3v) is 4.38. The van der Waals surface area contributed by atoms with Crippen molar-refractivity contribution in [3.63, 3.8) is 0 Å². The number of nitrogens with zero attached hydrogens (tertiary/aromatic N) is 2. The first-order valence-electron chi connectivity index (χ1n) is 7.08. The van der Waals surface area contributed by atoms with Crippen LogP contribution in [0, 0.1) is 0 Å². The average Bonchev–Trinajstić information content (AvgIpc) is 2.54. The van der Waals surface area contributed by atoms with Crippen LogP contribution in [-0.4, -0.2) is 33.3 Å². The Morgan fingerprint density at radius 1 is 1.21 bits per heavy atom. The van der Waals surface area contributed by atoms with Crippen LogP contribution in [0.2, 0.25) is 0 Å². The summed E-state index contributed by atoms with van der Waals surface area (Å²) in [5, 5.41) is 8.98. The van der Waals surface area contributed by atoms with E-state index in [-0.39, 0.29) is 4.90 Å². The Kier molecular flexibility index (Phi) is 4.12. The molecule has 0 fully saturated rings. The van der Waals surface area contributed by atoms with E-state index in [4.69, 9.17) is 9.88 Å². The van der Waals surface area contributed by atoms with Gasteiger partial charge in [0.15, 0.2) is 0 Å². The monoisotopic (exact) mass is 342 g/mol. The van der Waals surface area contributed by atoms with Crippen LogP contribution in [0.5, 0.6) is 5.75 Å². The van der Waals surface area contributed by atoms with E-state index in [1.165, 1.54) is 12.1 Å². The standard InChI is InChI=1S/C15H15BN4O3S/c1-23-13-7-10(16)6-9-8-18-15(20-14(9)13)19-11-2-4-12(5-3-11)24(17,21)22/h2-8H,16H2,1H3,(H2,17,21,22)(H,18,19,20). The van der Waals surface area contributed by atoms with Crippen LogP contribution in [0.1, 0.15) is 0 Å². The molecule has 1 heterocycles. The predicted octanol–water partition coefficient (Wildman–Crippen LogP) is 0.288. The number of fused-ring (bicyclic) bond motifs is 1. The van der Waals surface area contributed by atoms with E-state index in [1.54, 1.807) is 25.4 Å². The van der Waals surface area contributed by atoms with Crippen molar-refractivity contribution in [2.24, 2.45) is 5.14 Å². The van der Waals surface area contributed by atoms with Gasteiger partial charge in [-0.25, -0.2) is 23.5 Å². The van der Waals surface area contributed by atoms with Gasteiger partial charge >= 0.3 is 0 Å². The number of nitrogens with one attached hydrogen (secondary N) is 1. The van der Waals surface area contributed by atoms with Gasteiger partial charge in [-0.15, -0.1) is 0 Å². The molecule has 0 aliphatic rings. The van der Waals surface area contributed by atoms with Crippen LogP contribution in [0.15, 0.2) is 47.5 Å². The quantitative estimate of drug-likeness (QED) is 0.660. The van der Waals surface area contributed by atoms with Crippen LogP contribution in [0.4, 0.5) is 11.6 Å². The number of hydrogen-bond acceptors (Lipinski definition) is 6. The minimum Gasteiger partial charge on any atom is -0.494 e. The largest absolute Gasteiger partial charge is 0.494 e. The highest BCUT2D eigenvalue weighted by atomic mass is 32.2. The Morgan fingerprint density at radius 2 is 1.92 bits per heavy atom. The van der Waals surface area contributed by atoms with Gasteiger partial charge in [0.25, 0.3) is 0 Å². The lowest BCUT2D eigenvalue weighted by molar-refractivity contribution is 0.419. The van der Waals surface area contributed by atoms with Gasteiger partial charge in [-0.1, -0.05) is 11.5 Å². The van der Waals surface area contributed by atoms with E-state index in [1.807, 2.05) is 20.0 Å². The second-order valence-electron chi connectivity index (χ2n) is 5.29. The number of primary sulfonamides is 1. The molecule has 0 saturated carbocycles. The van der Waals surface area contributed by atoms with Gasteiger partial charge < -0.3 is 10.1 Å². The Labute approximate surface area is 140 Å². The second kappa shape index (κ2) is 6.10. The van der Waals surface area contributed by atoms with Crippen molar-refractivity contribution in [3.8, 4) is 5.75 Å². The molecule has 0 atom stereocenters. The van der Waals surface area contributed by atoms with E-state index in [0.717, 1.165) is 10.8 Å². The summed E-state index contributed by atoms with van der Waals surface area (Å²) < 4.78 is 27.9. The zero-order valence-corrected chi connectivity index (χ0v) is 14.0. The van der Waals surface area contributed by atoms with Crippen molar-refractivity contribution in [2.45, 2.75) is 4.90 Å². The molecule has 0 spiro atoms. The van der Waals surface area contributed by atoms with Crippen molar-refractivity contribution in [1.29, 1.82) is 0 Å². The number of hydrogen-bond donors (Lipinski definition) is 2.